The molecule has 27 heavy (non-hydrogen) atoms. The van der Waals surface area contributed by atoms with Crippen LogP contribution in [0.3, 0.4) is 0 Å². The van der Waals surface area contributed by atoms with Gasteiger partial charge in [-0.05, 0) is 13.3 Å². The van der Waals surface area contributed by atoms with Gasteiger partial charge in [-0.15, -0.1) is 0 Å². The number of unbranched alkanes of at least 4 members (excludes halogenated alkanes) is 13. The van der Waals surface area contributed by atoms with E-state index in [1.54, 1.807) is 6.92 Å². The van der Waals surface area contributed by atoms with Gasteiger partial charge in [0.15, 0.2) is 0 Å². The van der Waals surface area contributed by atoms with Crippen LogP contribution in [0.4, 0.5) is 0 Å². The summed E-state index contributed by atoms with van der Waals surface area (Å²) in [6, 6.07) is 0. The minimum Gasteiger partial charge on any atom is -0.747 e. The number of hydrogen-bond donors (Lipinski definition) is 1. The van der Waals surface area contributed by atoms with Crippen LogP contribution in [0.2, 0.25) is 0 Å². The van der Waals surface area contributed by atoms with Gasteiger partial charge in [-0.1, -0.05) is 96.8 Å². The van der Waals surface area contributed by atoms with Crippen molar-refractivity contribution in [2.24, 2.45) is 0 Å². The van der Waals surface area contributed by atoms with Gasteiger partial charge in [0.1, 0.15) is 15.4 Å². The molecule has 0 heterocycles. The fourth-order valence-corrected chi connectivity index (χ4v) is 4.02. The minimum absolute atomic E-state index is 0. The Labute approximate surface area is 189 Å². The molecule has 0 fully saturated rings. The first kappa shape index (κ1) is 29.6. The zero-order valence-electron chi connectivity index (χ0n) is 17.9. The average Bonchev–Trinajstić information content (AvgIpc) is 2.57. The quantitative estimate of drug-likeness (QED) is 0.211. The summed E-state index contributed by atoms with van der Waals surface area (Å²) >= 11 is 0. The fraction of sp³-hybridized carbons (Fsp3) is 0.950. The Hall–Kier alpha value is 0.380. The molecule has 1 unspecified atom stereocenters. The molecule has 0 saturated carbocycles. The Morgan fingerprint density at radius 2 is 1.15 bits per heavy atom. The number of rotatable bonds is 18. The first-order valence-corrected chi connectivity index (χ1v) is 12.1. The molecule has 0 saturated heterocycles. The SMILES string of the molecule is CCCCCCCCCCCCCCCCC(C(=O)NCC)S(=O)(=O)[O-].[Na+]. The van der Waals surface area contributed by atoms with Gasteiger partial charge < -0.3 is 9.87 Å². The summed E-state index contributed by atoms with van der Waals surface area (Å²) in [4.78, 5) is 11.7. The van der Waals surface area contributed by atoms with Crippen LogP contribution in [0, 0.1) is 0 Å². The van der Waals surface area contributed by atoms with E-state index < -0.39 is 21.3 Å². The molecule has 5 nitrogen and oxygen atoms in total. The van der Waals surface area contributed by atoms with Gasteiger partial charge in [0.05, 0.1) is 0 Å². The maximum Gasteiger partial charge on any atom is 1.00 e. The summed E-state index contributed by atoms with van der Waals surface area (Å²) in [5.41, 5.74) is 0. The molecule has 1 atom stereocenters. The Morgan fingerprint density at radius 1 is 0.778 bits per heavy atom. The number of carbonyl (C=O) groups is 1. The van der Waals surface area contributed by atoms with E-state index in [-0.39, 0.29) is 36.0 Å². The molecule has 0 aliphatic heterocycles. The molecule has 0 aromatic heterocycles. The number of amides is 1. The van der Waals surface area contributed by atoms with Crippen LogP contribution in [0.25, 0.3) is 0 Å². The van der Waals surface area contributed by atoms with Crippen molar-refractivity contribution in [3.8, 4) is 0 Å². The van der Waals surface area contributed by atoms with Gasteiger partial charge in [0.2, 0.25) is 5.91 Å². The van der Waals surface area contributed by atoms with Crippen molar-refractivity contribution in [1.82, 2.24) is 5.32 Å². The van der Waals surface area contributed by atoms with Crippen molar-refractivity contribution in [2.45, 2.75) is 115 Å². The fourth-order valence-electron chi connectivity index (χ4n) is 3.22. The van der Waals surface area contributed by atoms with Gasteiger partial charge in [-0.2, -0.15) is 0 Å². The second-order valence-corrected chi connectivity index (χ2v) is 8.82. The second-order valence-electron chi connectivity index (χ2n) is 7.26. The van der Waals surface area contributed by atoms with Crippen LogP contribution < -0.4 is 34.9 Å². The third-order valence-corrected chi connectivity index (χ3v) is 5.96. The standard InChI is InChI=1S/C20H41NO4S.Na/c1-3-5-6-7-8-9-10-11-12-13-14-15-16-17-18-19(26(23,24)25)20(22)21-4-2;/h19H,3-18H2,1-2H3,(H,21,22)(H,23,24,25);/q;+1/p-1. The summed E-state index contributed by atoms with van der Waals surface area (Å²) in [5.74, 6) is -0.655. The molecule has 1 amide bonds. The maximum absolute atomic E-state index is 11.7. The molecule has 0 aromatic carbocycles. The van der Waals surface area contributed by atoms with Crippen LogP contribution >= 0.6 is 0 Å². The summed E-state index contributed by atoms with van der Waals surface area (Å²) < 4.78 is 33.6. The summed E-state index contributed by atoms with van der Waals surface area (Å²) in [6.07, 6.45) is 17.1. The molecule has 0 aromatic rings. The second kappa shape index (κ2) is 19.7. The molecule has 7 heteroatoms. The van der Waals surface area contributed by atoms with E-state index in [0.717, 1.165) is 19.3 Å². The molecule has 0 aliphatic rings. The topological polar surface area (TPSA) is 86.3 Å². The number of hydrogen-bond acceptors (Lipinski definition) is 4. The third-order valence-electron chi connectivity index (χ3n) is 4.81. The average molecular weight is 414 g/mol. The largest absolute Gasteiger partial charge is 1.00 e. The van der Waals surface area contributed by atoms with Gasteiger partial charge in [-0.25, -0.2) is 8.42 Å². The molecule has 0 spiro atoms. The Morgan fingerprint density at radius 3 is 1.48 bits per heavy atom. The number of nitrogens with one attached hydrogen (secondary N) is 1. The first-order chi connectivity index (χ1) is 12.4. The summed E-state index contributed by atoms with van der Waals surface area (Å²) in [6.45, 7) is 4.29. The van der Waals surface area contributed by atoms with Gasteiger partial charge in [-0.3, -0.25) is 4.79 Å². The van der Waals surface area contributed by atoms with Crippen molar-refractivity contribution >= 4 is 16.0 Å². The van der Waals surface area contributed by atoms with E-state index in [1.165, 1.54) is 64.2 Å². The van der Waals surface area contributed by atoms with Crippen LogP contribution in [0.15, 0.2) is 0 Å². The van der Waals surface area contributed by atoms with E-state index in [9.17, 15) is 17.8 Å². The molecule has 156 valence electrons. The third kappa shape index (κ3) is 18.2. The summed E-state index contributed by atoms with van der Waals surface area (Å²) in [7, 11) is -4.57. The van der Waals surface area contributed by atoms with Gasteiger partial charge in [0.25, 0.3) is 0 Å². The molecule has 0 radical (unpaired) electrons. The molecule has 0 aliphatic carbocycles. The molecule has 1 N–H and O–H groups in total. The van der Waals surface area contributed by atoms with E-state index in [0.29, 0.717) is 13.0 Å². The van der Waals surface area contributed by atoms with E-state index in [1.807, 2.05) is 0 Å². The first-order valence-electron chi connectivity index (χ1n) is 10.7. The predicted molar refractivity (Wildman–Crippen MR) is 107 cm³/mol. The molecular formula is C20H40NNaO4S. The monoisotopic (exact) mass is 413 g/mol. The van der Waals surface area contributed by atoms with E-state index in [4.69, 9.17) is 0 Å². The minimum atomic E-state index is -4.57. The normalized spacial score (nSPS) is 12.4. The van der Waals surface area contributed by atoms with Gasteiger partial charge in [0, 0.05) is 6.54 Å². The zero-order valence-corrected chi connectivity index (χ0v) is 20.7. The predicted octanol–water partition coefficient (Wildman–Crippen LogP) is 1.91. The van der Waals surface area contributed by atoms with Crippen molar-refractivity contribution in [2.75, 3.05) is 6.54 Å². The van der Waals surface area contributed by atoms with E-state index >= 15 is 0 Å². The molecule has 0 rings (SSSR count). The van der Waals surface area contributed by atoms with Gasteiger partial charge >= 0.3 is 29.6 Å². The van der Waals surface area contributed by atoms with Crippen LogP contribution in [0.1, 0.15) is 110 Å². The van der Waals surface area contributed by atoms with E-state index in [2.05, 4.69) is 12.2 Å². The van der Waals surface area contributed by atoms with Crippen molar-refractivity contribution in [3.63, 3.8) is 0 Å². The van der Waals surface area contributed by atoms with Crippen molar-refractivity contribution < 1.29 is 47.3 Å². The van der Waals surface area contributed by atoms with Crippen LogP contribution in [-0.2, 0) is 14.9 Å². The Bertz CT molecular complexity index is 443. The Kier molecular flexibility index (Phi) is 21.6. The maximum atomic E-state index is 11.7. The Balaban J connectivity index is 0. The molecule has 0 bridgehead atoms. The van der Waals surface area contributed by atoms with Crippen LogP contribution in [0.5, 0.6) is 0 Å². The van der Waals surface area contributed by atoms with Crippen molar-refractivity contribution in [1.29, 1.82) is 0 Å². The van der Waals surface area contributed by atoms with Crippen molar-refractivity contribution in [3.05, 3.63) is 0 Å². The summed E-state index contributed by atoms with van der Waals surface area (Å²) in [5, 5.41) is 1.00. The van der Waals surface area contributed by atoms with Crippen LogP contribution in [-0.4, -0.2) is 30.7 Å². The number of carbonyl (C=O) groups excluding carboxylic acids is 1. The smallest absolute Gasteiger partial charge is 0.747 e. The molecular weight excluding hydrogens is 373 g/mol. The zero-order chi connectivity index (χ0) is 19.7.